The van der Waals surface area contributed by atoms with Gasteiger partial charge >= 0.3 is 5.97 Å². The van der Waals surface area contributed by atoms with Crippen LogP contribution in [0.5, 0.6) is 0 Å². The summed E-state index contributed by atoms with van der Waals surface area (Å²) in [4.78, 5) is 135. The lowest BCUT2D eigenvalue weighted by atomic mass is 9.81. The minimum absolute atomic E-state index is 0.0331. The normalized spacial score (nSPS) is 18.6. The highest BCUT2D eigenvalue weighted by atomic mass is 19.1. The Bertz CT molecular complexity index is 3080. The van der Waals surface area contributed by atoms with E-state index in [4.69, 9.17) is 9.72 Å². The molecule has 4 aliphatic rings. The van der Waals surface area contributed by atoms with Gasteiger partial charge in [0.05, 0.1) is 47.6 Å². The number of ether oxygens (including phenoxy) is 1. The lowest BCUT2D eigenvalue weighted by Crippen LogP contribution is -2.44. The molecule has 0 saturated carbocycles. The molecule has 5 heterocycles. The molecule has 2 unspecified atom stereocenters. The Morgan fingerprint density at radius 3 is 2.34 bits per heavy atom. The smallest absolute Gasteiger partial charge is 0.343 e. The summed E-state index contributed by atoms with van der Waals surface area (Å²) in [5.41, 5.74) is 2.32. The third kappa shape index (κ3) is 11.8. The summed E-state index contributed by atoms with van der Waals surface area (Å²) in [7, 11) is 0. The van der Waals surface area contributed by atoms with Gasteiger partial charge in [0.2, 0.25) is 35.4 Å². The second-order valence-electron chi connectivity index (χ2n) is 20.3. The van der Waals surface area contributed by atoms with Crippen LogP contribution in [0.2, 0.25) is 0 Å². The molecule has 1 saturated heterocycles. The number of unbranched alkanes of at least 4 members (excludes halogenated alkanes) is 2. The number of pyridine rings is 2. The van der Waals surface area contributed by atoms with E-state index in [1.807, 2.05) is 6.07 Å². The summed E-state index contributed by atoms with van der Waals surface area (Å²) in [5, 5.41) is 23.3. The summed E-state index contributed by atoms with van der Waals surface area (Å²) in [5.74, 6) is -4.32. The number of carbonyl (C=O) groups excluding carboxylic acids is 9. The van der Waals surface area contributed by atoms with Crippen molar-refractivity contribution in [1.29, 1.82) is 0 Å². The fraction of sp³-hybridized carbons (Fsp3) is 0.482. The number of rotatable bonds is 24. The molecule has 0 radical (unpaired) electrons. The highest BCUT2D eigenvalue weighted by molar-refractivity contribution is 6.03. The Morgan fingerprint density at radius 2 is 1.61 bits per heavy atom. The third-order valence-electron chi connectivity index (χ3n) is 15.1. The van der Waals surface area contributed by atoms with Crippen LogP contribution in [0, 0.1) is 18.7 Å². The van der Waals surface area contributed by atoms with Gasteiger partial charge in [0.25, 0.3) is 5.56 Å². The van der Waals surface area contributed by atoms with Crippen molar-refractivity contribution in [3.8, 4) is 11.4 Å². The largest absolute Gasteiger partial charge is 0.458 e. The van der Waals surface area contributed by atoms with Crippen molar-refractivity contribution >= 4 is 63.9 Å². The van der Waals surface area contributed by atoms with Crippen molar-refractivity contribution in [2.45, 2.75) is 148 Å². The fourth-order valence-electron chi connectivity index (χ4n) is 10.7. The Hall–Kier alpha value is -7.48. The van der Waals surface area contributed by atoms with E-state index >= 15 is 4.39 Å². The lowest BCUT2D eigenvalue weighted by molar-refractivity contribution is -0.172. The SMILES string of the molecule is CC[C@@]1(O)C(=O)OCc2c1cc1n(c2=O)Cc2c-1nc1cc(F)c(C)c3c1c2C(NC(=O)CCCNC(=O)CCC(=O)[C@H](Cc1ccccc1)NC(=O)CCC(=O)CNC(=O)CCCCCN1C(=O)CC(C)C1=O)CC3. The van der Waals surface area contributed by atoms with Crippen LogP contribution in [0.25, 0.3) is 22.3 Å². The van der Waals surface area contributed by atoms with Crippen molar-refractivity contribution in [3.05, 3.63) is 97.6 Å². The second-order valence-corrected chi connectivity index (χ2v) is 20.3. The topological polar surface area (TPSA) is 269 Å². The van der Waals surface area contributed by atoms with Crippen LogP contribution in [0.15, 0.2) is 47.3 Å². The van der Waals surface area contributed by atoms with Crippen molar-refractivity contribution in [1.82, 2.24) is 35.7 Å². The summed E-state index contributed by atoms with van der Waals surface area (Å²) < 4.78 is 22.1. The van der Waals surface area contributed by atoms with Crippen molar-refractivity contribution < 1.29 is 57.4 Å². The number of halogens is 1. The average Bonchev–Trinajstić information content (AvgIpc) is 3.97. The fourth-order valence-corrected chi connectivity index (χ4v) is 10.7. The van der Waals surface area contributed by atoms with E-state index in [0.29, 0.717) is 72.1 Å². The molecule has 2 aromatic carbocycles. The molecule has 2 aromatic heterocycles. The average molecular weight is 1050 g/mol. The van der Waals surface area contributed by atoms with Crippen molar-refractivity contribution in [2.24, 2.45) is 5.92 Å². The molecule has 20 heteroatoms. The number of carbonyl (C=O) groups is 9. The molecule has 0 bridgehead atoms. The van der Waals surface area contributed by atoms with Gasteiger partial charge in [0.1, 0.15) is 12.4 Å². The first-order chi connectivity index (χ1) is 36.4. The number of likely N-dealkylation sites (tertiary alicyclic amines) is 1. The maximum atomic E-state index is 15.4. The summed E-state index contributed by atoms with van der Waals surface area (Å²) >= 11 is 0. The monoisotopic (exact) mass is 1050 g/mol. The number of cyclic esters (lactones) is 1. The number of hydrogen-bond donors (Lipinski definition) is 5. The number of hydrogen-bond acceptors (Lipinski definition) is 13. The highest BCUT2D eigenvalue weighted by Gasteiger charge is 2.46. The van der Waals surface area contributed by atoms with Gasteiger partial charge in [0, 0.05) is 86.5 Å². The van der Waals surface area contributed by atoms with Gasteiger partial charge in [-0.3, -0.25) is 48.1 Å². The Morgan fingerprint density at radius 1 is 0.868 bits per heavy atom. The van der Waals surface area contributed by atoms with Gasteiger partial charge in [0.15, 0.2) is 17.2 Å². The Labute approximate surface area is 438 Å². The number of benzene rings is 2. The standard InChI is InChI=1S/C56H64FN7O12/c1-4-56(75)38-26-43-52-36(29-64(43)54(73)37(38)30-76-55(56)74)51-40(18-17-35-32(3)39(57)27-42(62-52)50(35)51)60-47(69)15-11-22-58-46(68)21-19-44(66)41(25-33-12-7-5-8-13-33)61-48(70)20-16-34(65)28-59-45(67)14-9-6-10-23-63-49(71)24-31(2)53(63)72/h5,7-8,12-13,26-27,31,40-41,75H,4,6,9-11,14-25,28-30H2,1-3H3,(H,58,68)(H,59,67)(H,60,69)(H,61,70)/t31?,40?,41-,56-/m0/s1. The van der Waals surface area contributed by atoms with Crippen LogP contribution in [0.4, 0.5) is 4.39 Å². The van der Waals surface area contributed by atoms with E-state index in [-0.39, 0.29) is 143 Å². The van der Waals surface area contributed by atoms with Crippen LogP contribution >= 0.6 is 0 Å². The number of imide groups is 1. The molecule has 0 spiro atoms. The van der Waals surface area contributed by atoms with E-state index in [1.54, 1.807) is 51.1 Å². The molecule has 402 valence electrons. The first-order valence-corrected chi connectivity index (χ1v) is 26.2. The van der Waals surface area contributed by atoms with Crippen molar-refractivity contribution in [3.63, 3.8) is 0 Å². The van der Waals surface area contributed by atoms with E-state index in [1.165, 1.54) is 15.5 Å². The van der Waals surface area contributed by atoms with E-state index in [9.17, 15) is 53.1 Å². The molecule has 76 heavy (non-hydrogen) atoms. The highest BCUT2D eigenvalue weighted by Crippen LogP contribution is 2.46. The molecule has 4 aromatic rings. The number of fused-ring (bicyclic) bond motifs is 5. The number of aromatic nitrogens is 2. The van der Waals surface area contributed by atoms with Gasteiger partial charge in [-0.15, -0.1) is 0 Å². The number of nitrogens with zero attached hydrogens (tertiary/aromatic N) is 3. The summed E-state index contributed by atoms with van der Waals surface area (Å²) in [6, 6.07) is 10.4. The predicted molar refractivity (Wildman–Crippen MR) is 273 cm³/mol. The third-order valence-corrected chi connectivity index (χ3v) is 15.1. The number of aryl methyl sites for hydroxylation is 1. The minimum Gasteiger partial charge on any atom is -0.458 e. The van der Waals surface area contributed by atoms with Crippen LogP contribution in [-0.2, 0) is 79.5 Å². The maximum absolute atomic E-state index is 15.4. The zero-order chi connectivity index (χ0) is 54.4. The zero-order valence-electron chi connectivity index (χ0n) is 43.1. The number of ketones is 2. The first kappa shape index (κ1) is 54.8. The van der Waals surface area contributed by atoms with Crippen LogP contribution < -0.4 is 26.8 Å². The molecule has 6 amide bonds. The molecule has 1 aliphatic carbocycles. The molecule has 8 rings (SSSR count). The van der Waals surface area contributed by atoms with E-state index in [2.05, 4.69) is 21.3 Å². The first-order valence-electron chi connectivity index (χ1n) is 26.2. The molecule has 5 N–H and O–H groups in total. The maximum Gasteiger partial charge on any atom is 0.343 e. The Balaban J connectivity index is 0.800. The van der Waals surface area contributed by atoms with Crippen LogP contribution in [-0.4, -0.2) is 98.2 Å². The van der Waals surface area contributed by atoms with Crippen LogP contribution in [0.1, 0.15) is 142 Å². The van der Waals surface area contributed by atoms with Gasteiger partial charge in [-0.1, -0.05) is 50.6 Å². The molecule has 4 atom stereocenters. The van der Waals surface area contributed by atoms with Gasteiger partial charge < -0.3 is 35.7 Å². The van der Waals surface area contributed by atoms with E-state index < -0.39 is 46.8 Å². The van der Waals surface area contributed by atoms with E-state index in [0.717, 1.165) is 16.7 Å². The number of nitrogens with one attached hydrogen (secondary N) is 4. The molecule has 19 nitrogen and oxygen atoms in total. The van der Waals surface area contributed by atoms with Gasteiger partial charge in [-0.25, -0.2) is 14.2 Å². The van der Waals surface area contributed by atoms with Gasteiger partial charge in [-0.2, -0.15) is 0 Å². The number of aliphatic hydroxyl groups is 1. The van der Waals surface area contributed by atoms with Crippen molar-refractivity contribution in [2.75, 3.05) is 19.6 Å². The molecular weight excluding hydrogens is 982 g/mol. The molecular formula is C56H64FN7O12. The second kappa shape index (κ2) is 23.6. The minimum atomic E-state index is -2.03. The van der Waals surface area contributed by atoms with Crippen LogP contribution in [0.3, 0.4) is 0 Å². The quantitative estimate of drug-likeness (QED) is 0.0333. The molecule has 3 aliphatic heterocycles. The lowest BCUT2D eigenvalue weighted by Gasteiger charge is -2.31. The summed E-state index contributed by atoms with van der Waals surface area (Å²) in [6.07, 6.45) is 2.62. The number of esters is 1. The van der Waals surface area contributed by atoms with Gasteiger partial charge in [-0.05, 0) is 80.2 Å². The number of amides is 6. The Kier molecular flexibility index (Phi) is 17.0. The number of Topliss-reactive ketones (excluding diaryl/α,β-unsaturated/α-hetero) is 2. The molecule has 1 fully saturated rings. The zero-order valence-corrected chi connectivity index (χ0v) is 43.1. The predicted octanol–water partition coefficient (Wildman–Crippen LogP) is 4.02. The summed E-state index contributed by atoms with van der Waals surface area (Å²) in [6.45, 7) is 5.01.